The van der Waals surface area contributed by atoms with E-state index in [4.69, 9.17) is 5.73 Å². The lowest BCUT2D eigenvalue weighted by Crippen LogP contribution is -2.23. The van der Waals surface area contributed by atoms with Crippen LogP contribution in [0.4, 0.5) is 5.82 Å². The molecule has 2 rings (SSSR count). The number of carbonyl (C=O) groups excluding carboxylic acids is 1. The van der Waals surface area contributed by atoms with Crippen LogP contribution >= 0.6 is 0 Å². The minimum Gasteiger partial charge on any atom is -0.384 e. The monoisotopic (exact) mass is 221 g/mol. The standard InChI is InChI=1S/C8H11N7O/c1-15-7(9)5(3-12-15)2-10-8(16)6-4-11-14-13-6/h3-4H,2,9H2,1H3,(H,10,16)(H,11,13,14). The highest BCUT2D eigenvalue weighted by atomic mass is 16.1. The third-order valence-electron chi connectivity index (χ3n) is 2.15. The largest absolute Gasteiger partial charge is 0.384 e. The van der Waals surface area contributed by atoms with Crippen molar-refractivity contribution < 1.29 is 4.79 Å². The van der Waals surface area contributed by atoms with Crippen molar-refractivity contribution in [3.05, 3.63) is 23.7 Å². The number of aryl methyl sites for hydroxylation is 1. The normalized spacial score (nSPS) is 10.3. The topological polar surface area (TPSA) is 115 Å². The van der Waals surface area contributed by atoms with E-state index in [-0.39, 0.29) is 11.6 Å². The third kappa shape index (κ3) is 1.85. The Labute approximate surface area is 90.8 Å². The predicted octanol–water partition coefficient (Wildman–Crippen LogP) is -0.950. The molecule has 2 aromatic heterocycles. The van der Waals surface area contributed by atoms with Gasteiger partial charge in [0.05, 0.1) is 12.4 Å². The molecule has 2 aromatic rings. The molecule has 0 unspecified atom stereocenters. The van der Waals surface area contributed by atoms with Crippen molar-refractivity contribution in [2.24, 2.45) is 7.05 Å². The van der Waals surface area contributed by atoms with E-state index in [1.165, 1.54) is 10.9 Å². The molecule has 1 amide bonds. The number of aromatic nitrogens is 5. The van der Waals surface area contributed by atoms with Crippen LogP contribution in [0.15, 0.2) is 12.4 Å². The lowest BCUT2D eigenvalue weighted by molar-refractivity contribution is 0.0946. The molecule has 0 bridgehead atoms. The van der Waals surface area contributed by atoms with Crippen molar-refractivity contribution in [2.75, 3.05) is 5.73 Å². The van der Waals surface area contributed by atoms with Crippen molar-refractivity contribution in [3.8, 4) is 0 Å². The summed E-state index contributed by atoms with van der Waals surface area (Å²) in [4.78, 5) is 11.5. The van der Waals surface area contributed by atoms with Gasteiger partial charge in [-0.2, -0.15) is 20.5 Å². The maximum Gasteiger partial charge on any atom is 0.273 e. The van der Waals surface area contributed by atoms with Crippen molar-refractivity contribution in [2.45, 2.75) is 6.54 Å². The second kappa shape index (κ2) is 4.01. The quantitative estimate of drug-likeness (QED) is 0.618. The molecule has 2 heterocycles. The molecule has 0 fully saturated rings. The molecule has 0 aliphatic heterocycles. The van der Waals surface area contributed by atoms with E-state index in [1.54, 1.807) is 13.2 Å². The Hall–Kier alpha value is -2.38. The fourth-order valence-corrected chi connectivity index (χ4v) is 1.21. The van der Waals surface area contributed by atoms with E-state index < -0.39 is 0 Å². The number of aromatic amines is 1. The van der Waals surface area contributed by atoms with Gasteiger partial charge in [-0.05, 0) is 0 Å². The van der Waals surface area contributed by atoms with Gasteiger partial charge in [0, 0.05) is 19.2 Å². The van der Waals surface area contributed by atoms with Crippen LogP contribution in [0.3, 0.4) is 0 Å². The number of hydrogen-bond donors (Lipinski definition) is 3. The van der Waals surface area contributed by atoms with Gasteiger partial charge in [-0.25, -0.2) is 0 Å². The number of carbonyl (C=O) groups is 1. The lowest BCUT2D eigenvalue weighted by Gasteiger charge is -2.02. The molecule has 0 saturated carbocycles. The first-order valence-corrected chi connectivity index (χ1v) is 4.59. The SMILES string of the molecule is Cn1ncc(CNC(=O)c2cn[nH]n2)c1N. The summed E-state index contributed by atoms with van der Waals surface area (Å²) in [7, 11) is 1.73. The number of rotatable bonds is 3. The van der Waals surface area contributed by atoms with Crippen molar-refractivity contribution in [1.82, 2.24) is 30.5 Å². The maximum absolute atomic E-state index is 11.5. The molecule has 0 spiro atoms. The van der Waals surface area contributed by atoms with Crippen molar-refractivity contribution in [3.63, 3.8) is 0 Å². The first-order chi connectivity index (χ1) is 7.68. The van der Waals surface area contributed by atoms with Crippen LogP contribution in [-0.4, -0.2) is 31.1 Å². The molecule has 0 atom stereocenters. The summed E-state index contributed by atoms with van der Waals surface area (Å²) in [6.45, 7) is 0.311. The summed E-state index contributed by atoms with van der Waals surface area (Å²) in [6, 6.07) is 0. The summed E-state index contributed by atoms with van der Waals surface area (Å²) in [6.07, 6.45) is 2.96. The predicted molar refractivity (Wildman–Crippen MR) is 55.2 cm³/mol. The Balaban J connectivity index is 1.98. The van der Waals surface area contributed by atoms with Gasteiger partial charge in [-0.1, -0.05) is 0 Å². The first kappa shape index (κ1) is 10.1. The number of nitrogens with two attached hydrogens (primary N) is 1. The molecule has 8 nitrogen and oxygen atoms in total. The average Bonchev–Trinajstić information content (AvgIpc) is 2.89. The Morgan fingerprint density at radius 1 is 1.62 bits per heavy atom. The zero-order valence-corrected chi connectivity index (χ0v) is 8.64. The molecule has 0 aromatic carbocycles. The number of hydrogen-bond acceptors (Lipinski definition) is 5. The van der Waals surface area contributed by atoms with Gasteiger partial charge in [0.25, 0.3) is 5.91 Å². The fourth-order valence-electron chi connectivity index (χ4n) is 1.21. The van der Waals surface area contributed by atoms with E-state index in [0.29, 0.717) is 12.4 Å². The second-order valence-electron chi connectivity index (χ2n) is 3.22. The van der Waals surface area contributed by atoms with Crippen LogP contribution in [0.25, 0.3) is 0 Å². The van der Waals surface area contributed by atoms with Crippen LogP contribution in [0, 0.1) is 0 Å². The first-order valence-electron chi connectivity index (χ1n) is 4.59. The Kier molecular flexibility index (Phi) is 2.54. The number of amides is 1. The number of anilines is 1. The minimum absolute atomic E-state index is 0.238. The van der Waals surface area contributed by atoms with Crippen molar-refractivity contribution in [1.29, 1.82) is 0 Å². The molecule has 0 aliphatic rings. The van der Waals surface area contributed by atoms with Gasteiger partial charge in [-0.3, -0.25) is 9.48 Å². The summed E-state index contributed by atoms with van der Waals surface area (Å²) < 4.78 is 1.54. The highest BCUT2D eigenvalue weighted by Gasteiger charge is 2.10. The molecule has 84 valence electrons. The summed E-state index contributed by atoms with van der Waals surface area (Å²) in [5, 5.41) is 16.2. The summed E-state index contributed by atoms with van der Waals surface area (Å²) in [5.74, 6) is 0.220. The maximum atomic E-state index is 11.5. The molecule has 4 N–H and O–H groups in total. The van der Waals surface area contributed by atoms with Crippen LogP contribution < -0.4 is 11.1 Å². The van der Waals surface area contributed by atoms with Crippen LogP contribution in [-0.2, 0) is 13.6 Å². The summed E-state index contributed by atoms with van der Waals surface area (Å²) in [5.41, 5.74) is 6.72. The van der Waals surface area contributed by atoms with Gasteiger partial charge in [0.15, 0.2) is 5.69 Å². The Bertz CT molecular complexity index is 486. The summed E-state index contributed by atoms with van der Waals surface area (Å²) >= 11 is 0. The van der Waals surface area contributed by atoms with E-state index in [0.717, 1.165) is 5.56 Å². The highest BCUT2D eigenvalue weighted by molar-refractivity contribution is 5.91. The second-order valence-corrected chi connectivity index (χ2v) is 3.22. The van der Waals surface area contributed by atoms with Crippen molar-refractivity contribution >= 4 is 11.7 Å². The van der Waals surface area contributed by atoms with E-state index in [9.17, 15) is 4.79 Å². The van der Waals surface area contributed by atoms with Crippen LogP contribution in [0.2, 0.25) is 0 Å². The Morgan fingerprint density at radius 2 is 2.44 bits per heavy atom. The molecule has 16 heavy (non-hydrogen) atoms. The van der Waals surface area contributed by atoms with Crippen LogP contribution in [0.1, 0.15) is 16.1 Å². The van der Waals surface area contributed by atoms with E-state index in [1.807, 2.05) is 0 Å². The average molecular weight is 221 g/mol. The van der Waals surface area contributed by atoms with E-state index in [2.05, 4.69) is 25.8 Å². The zero-order chi connectivity index (χ0) is 11.5. The lowest BCUT2D eigenvalue weighted by atomic mass is 10.3. The van der Waals surface area contributed by atoms with Crippen LogP contribution in [0.5, 0.6) is 0 Å². The van der Waals surface area contributed by atoms with E-state index >= 15 is 0 Å². The van der Waals surface area contributed by atoms with Gasteiger partial charge in [0.2, 0.25) is 0 Å². The van der Waals surface area contributed by atoms with Gasteiger partial charge < -0.3 is 11.1 Å². The number of H-pyrrole nitrogens is 1. The molecule has 0 radical (unpaired) electrons. The van der Waals surface area contributed by atoms with Gasteiger partial charge in [0.1, 0.15) is 5.82 Å². The highest BCUT2D eigenvalue weighted by Crippen LogP contribution is 2.08. The molecular weight excluding hydrogens is 210 g/mol. The zero-order valence-electron chi connectivity index (χ0n) is 8.64. The molecule has 8 heteroatoms. The fraction of sp³-hybridized carbons (Fsp3) is 0.250. The third-order valence-corrected chi connectivity index (χ3v) is 2.15. The van der Waals surface area contributed by atoms with Gasteiger partial charge >= 0.3 is 0 Å². The molecule has 0 aliphatic carbocycles. The van der Waals surface area contributed by atoms with Gasteiger partial charge in [-0.15, -0.1) is 0 Å². The number of nitrogen functional groups attached to an aromatic ring is 1. The Morgan fingerprint density at radius 3 is 3.00 bits per heavy atom. The number of nitrogens with one attached hydrogen (secondary N) is 2. The minimum atomic E-state index is -0.308. The molecular formula is C8H11N7O. The smallest absolute Gasteiger partial charge is 0.273 e. The molecule has 0 saturated heterocycles. The number of nitrogens with zero attached hydrogens (tertiary/aromatic N) is 4.